The maximum atomic E-state index is 13.0. The predicted octanol–water partition coefficient (Wildman–Crippen LogP) is 4.52. The van der Waals surface area contributed by atoms with Crippen molar-refractivity contribution >= 4 is 17.3 Å². The molecule has 118 valence electrons. The number of carbonyl (C=O) groups excluding carboxylic acids is 1. The third kappa shape index (κ3) is 3.32. The van der Waals surface area contributed by atoms with Crippen molar-refractivity contribution in [3.05, 3.63) is 64.1 Å². The van der Waals surface area contributed by atoms with Crippen LogP contribution in [0, 0.1) is 19.7 Å². The zero-order valence-corrected chi connectivity index (χ0v) is 13.4. The molecule has 3 rings (SSSR count). The Kier molecular flexibility index (Phi) is 4.25. The Balaban J connectivity index is 1.70. The van der Waals surface area contributed by atoms with Crippen LogP contribution in [0.1, 0.15) is 26.7 Å². The van der Waals surface area contributed by atoms with Crippen LogP contribution in [0.4, 0.5) is 4.39 Å². The molecule has 2 aromatic heterocycles. The van der Waals surface area contributed by atoms with Gasteiger partial charge in [-0.25, -0.2) is 9.18 Å². The van der Waals surface area contributed by atoms with Gasteiger partial charge < -0.3 is 9.26 Å². The molecule has 0 aliphatic heterocycles. The van der Waals surface area contributed by atoms with Crippen LogP contribution in [-0.2, 0) is 11.3 Å². The third-order valence-corrected chi connectivity index (χ3v) is 4.58. The van der Waals surface area contributed by atoms with Gasteiger partial charge in [0, 0.05) is 4.88 Å². The minimum Gasteiger partial charge on any atom is -0.456 e. The Bertz CT molecular complexity index is 816. The Hall–Kier alpha value is -2.47. The highest BCUT2D eigenvalue weighted by Gasteiger charge is 2.15. The molecule has 0 saturated carbocycles. The van der Waals surface area contributed by atoms with Gasteiger partial charge in [-0.2, -0.15) is 0 Å². The minimum absolute atomic E-state index is 0.129. The molecular formula is C17H14FNO3S. The van der Waals surface area contributed by atoms with Crippen molar-refractivity contribution in [2.45, 2.75) is 20.5 Å². The molecule has 0 N–H and O–H groups in total. The van der Waals surface area contributed by atoms with Crippen LogP contribution < -0.4 is 0 Å². The number of aryl methyl sites for hydroxylation is 2. The number of hydrogen-bond acceptors (Lipinski definition) is 5. The fourth-order valence-corrected chi connectivity index (χ4v) is 3.04. The second kappa shape index (κ2) is 6.34. The lowest BCUT2D eigenvalue weighted by Gasteiger charge is -2.02. The lowest BCUT2D eigenvalue weighted by molar-refractivity contribution is 0.0476. The van der Waals surface area contributed by atoms with Gasteiger partial charge in [0.25, 0.3) is 0 Å². The Labute approximate surface area is 136 Å². The second-order valence-electron chi connectivity index (χ2n) is 5.05. The van der Waals surface area contributed by atoms with E-state index >= 15 is 0 Å². The van der Waals surface area contributed by atoms with Crippen molar-refractivity contribution in [3.8, 4) is 10.4 Å². The molecule has 3 aromatic rings. The summed E-state index contributed by atoms with van der Waals surface area (Å²) < 4.78 is 23.3. The van der Waals surface area contributed by atoms with E-state index in [4.69, 9.17) is 9.26 Å². The fourth-order valence-electron chi connectivity index (χ4n) is 2.13. The minimum atomic E-state index is -0.400. The standard InChI is InChI=1S/C17H14FNO3S/c1-10-14(11(2)22-19-10)9-21-17(20)16-8-7-15(23-16)12-3-5-13(18)6-4-12/h3-8H,9H2,1-2H3. The summed E-state index contributed by atoms with van der Waals surface area (Å²) in [4.78, 5) is 13.5. The number of rotatable bonds is 4. The molecule has 0 saturated heterocycles. The van der Waals surface area contributed by atoms with Crippen LogP contribution in [0.25, 0.3) is 10.4 Å². The molecule has 0 spiro atoms. The second-order valence-corrected chi connectivity index (χ2v) is 6.13. The summed E-state index contributed by atoms with van der Waals surface area (Å²) in [6.07, 6.45) is 0. The van der Waals surface area contributed by atoms with E-state index in [0.717, 1.165) is 16.0 Å². The van der Waals surface area contributed by atoms with Crippen molar-refractivity contribution < 1.29 is 18.4 Å². The Morgan fingerprint density at radius 2 is 1.96 bits per heavy atom. The van der Waals surface area contributed by atoms with E-state index in [1.165, 1.54) is 23.5 Å². The molecule has 6 heteroatoms. The van der Waals surface area contributed by atoms with Crippen molar-refractivity contribution in [1.82, 2.24) is 5.16 Å². The normalized spacial score (nSPS) is 10.7. The van der Waals surface area contributed by atoms with Gasteiger partial charge in [0.05, 0.1) is 11.3 Å². The zero-order chi connectivity index (χ0) is 16.4. The lowest BCUT2D eigenvalue weighted by Crippen LogP contribution is -2.04. The number of ether oxygens (including phenoxy) is 1. The van der Waals surface area contributed by atoms with E-state index in [2.05, 4.69) is 5.16 Å². The van der Waals surface area contributed by atoms with Gasteiger partial charge >= 0.3 is 5.97 Å². The van der Waals surface area contributed by atoms with Crippen LogP contribution in [0.15, 0.2) is 40.9 Å². The highest BCUT2D eigenvalue weighted by atomic mass is 32.1. The van der Waals surface area contributed by atoms with Gasteiger partial charge in [-0.3, -0.25) is 0 Å². The fraction of sp³-hybridized carbons (Fsp3) is 0.176. The third-order valence-electron chi connectivity index (χ3n) is 3.46. The smallest absolute Gasteiger partial charge is 0.348 e. The number of aromatic nitrogens is 1. The number of thiophene rings is 1. The first-order valence-corrected chi connectivity index (χ1v) is 7.81. The topological polar surface area (TPSA) is 52.3 Å². The van der Waals surface area contributed by atoms with E-state index in [-0.39, 0.29) is 12.4 Å². The van der Waals surface area contributed by atoms with Gasteiger partial charge in [-0.1, -0.05) is 17.3 Å². The molecule has 0 radical (unpaired) electrons. The Morgan fingerprint density at radius 1 is 1.22 bits per heavy atom. The highest BCUT2D eigenvalue weighted by Crippen LogP contribution is 2.29. The molecule has 0 fully saturated rings. The first-order valence-electron chi connectivity index (χ1n) is 6.99. The van der Waals surface area contributed by atoms with E-state index in [9.17, 15) is 9.18 Å². The van der Waals surface area contributed by atoms with Crippen molar-refractivity contribution in [1.29, 1.82) is 0 Å². The number of benzene rings is 1. The maximum absolute atomic E-state index is 13.0. The van der Waals surface area contributed by atoms with Gasteiger partial charge in [0.1, 0.15) is 23.1 Å². The lowest BCUT2D eigenvalue weighted by atomic mass is 10.2. The van der Waals surface area contributed by atoms with Crippen LogP contribution in [-0.4, -0.2) is 11.1 Å². The molecule has 0 unspecified atom stereocenters. The molecule has 2 heterocycles. The average Bonchev–Trinajstić information content (AvgIpc) is 3.14. The molecule has 0 bridgehead atoms. The molecular weight excluding hydrogens is 317 g/mol. The average molecular weight is 331 g/mol. The molecule has 0 aliphatic rings. The summed E-state index contributed by atoms with van der Waals surface area (Å²) >= 11 is 1.31. The molecule has 1 aromatic carbocycles. The summed E-state index contributed by atoms with van der Waals surface area (Å²) in [5.41, 5.74) is 2.36. The van der Waals surface area contributed by atoms with Gasteiger partial charge in [-0.15, -0.1) is 11.3 Å². The maximum Gasteiger partial charge on any atom is 0.348 e. The first kappa shape index (κ1) is 15.4. The van der Waals surface area contributed by atoms with E-state index in [1.54, 1.807) is 32.0 Å². The Morgan fingerprint density at radius 3 is 2.61 bits per heavy atom. The van der Waals surface area contributed by atoms with Crippen LogP contribution in [0.3, 0.4) is 0 Å². The summed E-state index contributed by atoms with van der Waals surface area (Å²) in [7, 11) is 0. The van der Waals surface area contributed by atoms with Gasteiger partial charge in [0.2, 0.25) is 0 Å². The zero-order valence-electron chi connectivity index (χ0n) is 12.6. The summed E-state index contributed by atoms with van der Waals surface area (Å²) in [5, 5.41) is 3.82. The van der Waals surface area contributed by atoms with Crippen LogP contribution in [0.5, 0.6) is 0 Å². The molecule has 23 heavy (non-hydrogen) atoms. The quantitative estimate of drug-likeness (QED) is 0.660. The summed E-state index contributed by atoms with van der Waals surface area (Å²) in [6.45, 7) is 3.71. The number of hydrogen-bond donors (Lipinski definition) is 0. The first-order chi connectivity index (χ1) is 11.0. The van der Waals surface area contributed by atoms with E-state index < -0.39 is 5.97 Å². The van der Waals surface area contributed by atoms with Gasteiger partial charge in [-0.05, 0) is 43.7 Å². The number of nitrogens with zero attached hydrogens (tertiary/aromatic N) is 1. The van der Waals surface area contributed by atoms with Crippen molar-refractivity contribution in [3.63, 3.8) is 0 Å². The summed E-state index contributed by atoms with van der Waals surface area (Å²) in [6, 6.07) is 9.68. The number of halogens is 1. The predicted molar refractivity (Wildman–Crippen MR) is 84.8 cm³/mol. The van der Waals surface area contributed by atoms with Gasteiger partial charge in [0.15, 0.2) is 0 Å². The van der Waals surface area contributed by atoms with Crippen molar-refractivity contribution in [2.24, 2.45) is 0 Å². The van der Waals surface area contributed by atoms with Crippen LogP contribution >= 0.6 is 11.3 Å². The molecule has 0 atom stereocenters. The molecule has 0 amide bonds. The van der Waals surface area contributed by atoms with Crippen molar-refractivity contribution in [2.75, 3.05) is 0 Å². The van der Waals surface area contributed by atoms with Crippen LogP contribution in [0.2, 0.25) is 0 Å². The summed E-state index contributed by atoms with van der Waals surface area (Å²) in [5.74, 6) is -0.0405. The number of carbonyl (C=O) groups is 1. The SMILES string of the molecule is Cc1noc(C)c1COC(=O)c1ccc(-c2ccc(F)cc2)s1. The van der Waals surface area contributed by atoms with E-state index in [1.807, 2.05) is 6.07 Å². The van der Waals surface area contributed by atoms with E-state index in [0.29, 0.717) is 16.3 Å². The highest BCUT2D eigenvalue weighted by molar-refractivity contribution is 7.17. The monoisotopic (exact) mass is 331 g/mol. The largest absolute Gasteiger partial charge is 0.456 e. The molecule has 4 nitrogen and oxygen atoms in total. The number of esters is 1. The molecule has 0 aliphatic carbocycles.